The minimum absolute atomic E-state index is 0.158. The molecular weight excluding hydrogens is 327 g/mol. The zero-order valence-electron chi connectivity index (χ0n) is 15.0. The van der Waals surface area contributed by atoms with Crippen molar-refractivity contribution in [2.45, 2.75) is 37.5 Å². The lowest BCUT2D eigenvalue weighted by atomic mass is 9.89. The van der Waals surface area contributed by atoms with Crippen LogP contribution in [0.25, 0.3) is 0 Å². The second-order valence-corrected chi connectivity index (χ2v) is 7.54. The summed E-state index contributed by atoms with van der Waals surface area (Å²) in [7, 11) is 0. The Labute approximate surface area is 154 Å². The lowest BCUT2D eigenvalue weighted by molar-refractivity contribution is -0.105. The molecular formula is C22H25FN2O. The highest BCUT2D eigenvalue weighted by molar-refractivity contribution is 5.72. The Morgan fingerprint density at radius 2 is 1.85 bits per heavy atom. The molecule has 4 rings (SSSR count). The van der Waals surface area contributed by atoms with Crippen LogP contribution in [0.1, 0.15) is 47.8 Å². The number of fused-ring (bicyclic) bond motifs is 1. The van der Waals surface area contributed by atoms with Gasteiger partial charge in [0.1, 0.15) is 5.82 Å². The van der Waals surface area contributed by atoms with Gasteiger partial charge in [-0.3, -0.25) is 4.79 Å². The van der Waals surface area contributed by atoms with Crippen molar-refractivity contribution in [2.75, 3.05) is 25.0 Å². The van der Waals surface area contributed by atoms with Gasteiger partial charge in [-0.05, 0) is 91.6 Å². The summed E-state index contributed by atoms with van der Waals surface area (Å²) in [6.07, 6.45) is 5.34. The van der Waals surface area contributed by atoms with Crippen LogP contribution in [0, 0.1) is 5.82 Å². The topological polar surface area (TPSA) is 32.3 Å². The molecule has 136 valence electrons. The van der Waals surface area contributed by atoms with Crippen LogP contribution in [0.15, 0.2) is 42.5 Å². The van der Waals surface area contributed by atoms with E-state index in [1.165, 1.54) is 23.1 Å². The van der Waals surface area contributed by atoms with Crippen molar-refractivity contribution >= 4 is 12.1 Å². The standard InChI is InChI=1S/C22H25FN2O/c23-20-6-3-16(4-7-20)17-9-11-25(12-10-17)14-19-2-1-18-5-8-21(24-15-26)13-22(18)19/h3-8,13,15,17,19H,1-2,9-12,14H2,(H,24,26). The number of anilines is 1. The van der Waals surface area contributed by atoms with Gasteiger partial charge in [-0.25, -0.2) is 4.39 Å². The maximum atomic E-state index is 13.1. The van der Waals surface area contributed by atoms with E-state index in [0.717, 1.165) is 51.0 Å². The molecule has 2 aromatic carbocycles. The van der Waals surface area contributed by atoms with Crippen molar-refractivity contribution in [3.63, 3.8) is 0 Å². The fraction of sp³-hybridized carbons (Fsp3) is 0.409. The highest BCUT2D eigenvalue weighted by Gasteiger charge is 2.27. The second-order valence-electron chi connectivity index (χ2n) is 7.54. The summed E-state index contributed by atoms with van der Waals surface area (Å²) in [5, 5.41) is 2.77. The number of halogens is 1. The number of aryl methyl sites for hydroxylation is 1. The monoisotopic (exact) mass is 352 g/mol. The van der Waals surface area contributed by atoms with Crippen LogP contribution in [0.5, 0.6) is 0 Å². The molecule has 0 aromatic heterocycles. The molecule has 1 unspecified atom stereocenters. The van der Waals surface area contributed by atoms with Crippen molar-refractivity contribution in [3.05, 3.63) is 65.0 Å². The third-order valence-corrected chi connectivity index (χ3v) is 5.98. The Morgan fingerprint density at radius 3 is 2.58 bits per heavy atom. The normalized spacial score (nSPS) is 20.7. The summed E-state index contributed by atoms with van der Waals surface area (Å²) in [5.74, 6) is 0.946. The first-order chi connectivity index (χ1) is 12.7. The van der Waals surface area contributed by atoms with Gasteiger partial charge < -0.3 is 10.2 Å². The predicted molar refractivity (Wildman–Crippen MR) is 102 cm³/mol. The van der Waals surface area contributed by atoms with Gasteiger partial charge in [0.2, 0.25) is 6.41 Å². The molecule has 1 amide bonds. The maximum Gasteiger partial charge on any atom is 0.211 e. The van der Waals surface area contributed by atoms with E-state index < -0.39 is 0 Å². The molecule has 0 saturated carbocycles. The number of carbonyl (C=O) groups is 1. The summed E-state index contributed by atoms with van der Waals surface area (Å²) >= 11 is 0. The average Bonchev–Trinajstić information content (AvgIpc) is 3.06. The Hall–Kier alpha value is -2.20. The molecule has 4 heteroatoms. The van der Waals surface area contributed by atoms with Crippen LogP contribution in [0.2, 0.25) is 0 Å². The number of benzene rings is 2. The predicted octanol–water partition coefficient (Wildman–Crippen LogP) is 4.30. The van der Waals surface area contributed by atoms with Crippen LogP contribution in [0.4, 0.5) is 10.1 Å². The number of carbonyl (C=O) groups excluding carboxylic acids is 1. The summed E-state index contributed by atoms with van der Waals surface area (Å²) in [6, 6.07) is 13.3. The molecule has 2 aromatic rings. The molecule has 1 aliphatic carbocycles. The van der Waals surface area contributed by atoms with E-state index in [1.807, 2.05) is 18.2 Å². The van der Waals surface area contributed by atoms with E-state index in [-0.39, 0.29) is 5.82 Å². The SMILES string of the molecule is O=CNc1ccc2c(c1)C(CN1CCC(c3ccc(F)cc3)CC1)CC2. The van der Waals surface area contributed by atoms with E-state index in [9.17, 15) is 9.18 Å². The van der Waals surface area contributed by atoms with Crippen molar-refractivity contribution < 1.29 is 9.18 Å². The molecule has 1 N–H and O–H groups in total. The van der Waals surface area contributed by atoms with Crippen LogP contribution < -0.4 is 5.32 Å². The molecule has 1 fully saturated rings. The zero-order valence-corrected chi connectivity index (χ0v) is 15.0. The molecule has 1 aliphatic heterocycles. The lowest BCUT2D eigenvalue weighted by Crippen LogP contribution is -2.35. The molecule has 1 atom stereocenters. The van der Waals surface area contributed by atoms with E-state index in [2.05, 4.69) is 22.3 Å². The maximum absolute atomic E-state index is 13.1. The van der Waals surface area contributed by atoms with Crippen LogP contribution >= 0.6 is 0 Å². The zero-order chi connectivity index (χ0) is 17.9. The fourth-order valence-corrected chi connectivity index (χ4v) is 4.53. The fourth-order valence-electron chi connectivity index (χ4n) is 4.53. The minimum Gasteiger partial charge on any atom is -0.329 e. The minimum atomic E-state index is -0.158. The number of amides is 1. The largest absolute Gasteiger partial charge is 0.329 e. The number of hydrogen-bond acceptors (Lipinski definition) is 2. The van der Waals surface area contributed by atoms with E-state index in [0.29, 0.717) is 11.8 Å². The molecule has 2 aliphatic rings. The highest BCUT2D eigenvalue weighted by Crippen LogP contribution is 2.37. The number of nitrogens with one attached hydrogen (secondary N) is 1. The van der Waals surface area contributed by atoms with E-state index >= 15 is 0 Å². The number of piperidine rings is 1. The third-order valence-electron chi connectivity index (χ3n) is 5.98. The van der Waals surface area contributed by atoms with Gasteiger partial charge in [-0.15, -0.1) is 0 Å². The summed E-state index contributed by atoms with van der Waals surface area (Å²) in [5.41, 5.74) is 4.98. The van der Waals surface area contributed by atoms with Gasteiger partial charge in [-0.1, -0.05) is 18.2 Å². The Morgan fingerprint density at radius 1 is 1.08 bits per heavy atom. The summed E-state index contributed by atoms with van der Waals surface area (Å²) < 4.78 is 13.1. The quantitative estimate of drug-likeness (QED) is 0.814. The molecule has 3 nitrogen and oxygen atoms in total. The van der Waals surface area contributed by atoms with Gasteiger partial charge in [0.05, 0.1) is 0 Å². The highest BCUT2D eigenvalue weighted by atomic mass is 19.1. The second kappa shape index (κ2) is 7.58. The lowest BCUT2D eigenvalue weighted by Gasteiger charge is -2.34. The third kappa shape index (κ3) is 3.65. The Balaban J connectivity index is 1.36. The van der Waals surface area contributed by atoms with Crippen LogP contribution in [0.3, 0.4) is 0 Å². The number of rotatable bonds is 5. The first kappa shape index (κ1) is 17.2. The number of likely N-dealkylation sites (tertiary alicyclic amines) is 1. The Bertz CT molecular complexity index is 766. The smallest absolute Gasteiger partial charge is 0.211 e. The van der Waals surface area contributed by atoms with Crippen molar-refractivity contribution in [1.82, 2.24) is 4.90 Å². The average molecular weight is 352 g/mol. The van der Waals surface area contributed by atoms with Gasteiger partial charge in [0.25, 0.3) is 0 Å². The number of nitrogens with zero attached hydrogens (tertiary/aromatic N) is 1. The molecule has 1 heterocycles. The van der Waals surface area contributed by atoms with Crippen molar-refractivity contribution in [2.24, 2.45) is 0 Å². The van der Waals surface area contributed by atoms with Crippen LogP contribution in [-0.4, -0.2) is 30.9 Å². The van der Waals surface area contributed by atoms with E-state index in [4.69, 9.17) is 0 Å². The number of hydrogen-bond donors (Lipinski definition) is 1. The first-order valence-corrected chi connectivity index (χ1v) is 9.54. The molecule has 0 bridgehead atoms. The van der Waals surface area contributed by atoms with Gasteiger partial charge in [0, 0.05) is 12.2 Å². The first-order valence-electron chi connectivity index (χ1n) is 9.54. The molecule has 0 spiro atoms. The molecule has 0 radical (unpaired) electrons. The Kier molecular flexibility index (Phi) is 5.02. The van der Waals surface area contributed by atoms with E-state index in [1.54, 1.807) is 12.1 Å². The molecule has 26 heavy (non-hydrogen) atoms. The van der Waals surface area contributed by atoms with Crippen LogP contribution in [-0.2, 0) is 11.2 Å². The van der Waals surface area contributed by atoms with Crippen molar-refractivity contribution in [1.29, 1.82) is 0 Å². The summed E-state index contributed by atoms with van der Waals surface area (Å²) in [6.45, 7) is 3.29. The molecule has 1 saturated heterocycles. The van der Waals surface area contributed by atoms with Crippen molar-refractivity contribution in [3.8, 4) is 0 Å². The van der Waals surface area contributed by atoms with Gasteiger partial charge >= 0.3 is 0 Å². The van der Waals surface area contributed by atoms with Gasteiger partial charge in [-0.2, -0.15) is 0 Å². The summed E-state index contributed by atoms with van der Waals surface area (Å²) in [4.78, 5) is 13.3. The van der Waals surface area contributed by atoms with Gasteiger partial charge in [0.15, 0.2) is 0 Å².